The standard InChI is InChI=1S/C28H34N4O3/c1-17-15-21(18(2)29-23-8-6-5-7-20(23)26(34)35)24-22(16-17)25(33)32(19-9-10-19)27(30-24)31-13-11-28(3,4)12-14-31/h5-8,15-16,18-19,29H,9-14H2,1-4H3,(H,34,35). The predicted octanol–water partition coefficient (Wildman–Crippen LogP) is 5.54. The topological polar surface area (TPSA) is 87.5 Å². The summed E-state index contributed by atoms with van der Waals surface area (Å²) in [7, 11) is 0. The van der Waals surface area contributed by atoms with Gasteiger partial charge in [0.1, 0.15) is 0 Å². The van der Waals surface area contributed by atoms with E-state index < -0.39 is 5.97 Å². The van der Waals surface area contributed by atoms with Crippen LogP contribution in [0.2, 0.25) is 0 Å². The van der Waals surface area contributed by atoms with Gasteiger partial charge in [0.15, 0.2) is 0 Å². The number of anilines is 2. The largest absolute Gasteiger partial charge is 0.478 e. The summed E-state index contributed by atoms with van der Waals surface area (Å²) < 4.78 is 1.93. The zero-order valence-corrected chi connectivity index (χ0v) is 21.0. The second-order valence-corrected chi connectivity index (χ2v) is 10.9. The molecule has 0 bridgehead atoms. The van der Waals surface area contributed by atoms with Crippen molar-refractivity contribution in [2.24, 2.45) is 5.41 Å². The fourth-order valence-corrected chi connectivity index (χ4v) is 5.10. The van der Waals surface area contributed by atoms with Gasteiger partial charge < -0.3 is 15.3 Å². The lowest BCUT2D eigenvalue weighted by molar-refractivity contribution is 0.0698. The second-order valence-electron chi connectivity index (χ2n) is 10.9. The lowest BCUT2D eigenvalue weighted by Crippen LogP contribution is -2.41. The van der Waals surface area contributed by atoms with E-state index in [-0.39, 0.29) is 23.2 Å². The Morgan fingerprint density at radius 2 is 1.86 bits per heavy atom. The van der Waals surface area contributed by atoms with Crippen molar-refractivity contribution in [2.45, 2.75) is 65.5 Å². The van der Waals surface area contributed by atoms with Crippen LogP contribution in [0.3, 0.4) is 0 Å². The number of aryl methyl sites for hydroxylation is 1. The summed E-state index contributed by atoms with van der Waals surface area (Å²) in [6.07, 6.45) is 4.16. The summed E-state index contributed by atoms with van der Waals surface area (Å²) in [4.78, 5) is 33.0. The van der Waals surface area contributed by atoms with Crippen LogP contribution in [0, 0.1) is 12.3 Å². The monoisotopic (exact) mass is 474 g/mol. The van der Waals surface area contributed by atoms with E-state index in [0.29, 0.717) is 22.0 Å². The molecule has 1 aromatic heterocycles. The first-order valence-corrected chi connectivity index (χ1v) is 12.6. The average Bonchev–Trinajstić information content (AvgIpc) is 3.64. The number of nitrogens with one attached hydrogen (secondary N) is 1. The highest BCUT2D eigenvalue weighted by Gasteiger charge is 2.33. The molecule has 1 aliphatic carbocycles. The van der Waals surface area contributed by atoms with E-state index >= 15 is 0 Å². The first kappa shape index (κ1) is 23.4. The maximum absolute atomic E-state index is 13.8. The molecule has 0 spiro atoms. The molecule has 7 heteroatoms. The number of piperidine rings is 1. The summed E-state index contributed by atoms with van der Waals surface area (Å²) in [6.45, 7) is 10.4. The van der Waals surface area contributed by atoms with Gasteiger partial charge in [-0.25, -0.2) is 9.78 Å². The fourth-order valence-electron chi connectivity index (χ4n) is 5.10. The number of para-hydroxylation sites is 1. The third-order valence-electron chi connectivity index (χ3n) is 7.47. The lowest BCUT2D eigenvalue weighted by atomic mass is 9.83. The first-order valence-electron chi connectivity index (χ1n) is 12.6. The van der Waals surface area contributed by atoms with E-state index in [9.17, 15) is 14.7 Å². The van der Waals surface area contributed by atoms with Crippen molar-refractivity contribution >= 4 is 28.5 Å². The number of aromatic carboxylic acids is 1. The molecule has 2 aliphatic rings. The molecular formula is C28H34N4O3. The lowest BCUT2D eigenvalue weighted by Gasteiger charge is -2.38. The fraction of sp³-hybridized carbons (Fsp3) is 0.464. The number of hydrogen-bond acceptors (Lipinski definition) is 5. The molecule has 2 heterocycles. The van der Waals surface area contributed by atoms with Crippen molar-refractivity contribution in [1.29, 1.82) is 0 Å². The summed E-state index contributed by atoms with van der Waals surface area (Å²) in [5.41, 5.74) is 3.69. The van der Waals surface area contributed by atoms with E-state index in [1.54, 1.807) is 18.2 Å². The van der Waals surface area contributed by atoms with Gasteiger partial charge in [-0.1, -0.05) is 32.0 Å². The van der Waals surface area contributed by atoms with E-state index in [1.165, 1.54) is 0 Å². The zero-order chi connectivity index (χ0) is 24.9. The van der Waals surface area contributed by atoms with Crippen LogP contribution in [-0.4, -0.2) is 33.7 Å². The average molecular weight is 475 g/mol. The van der Waals surface area contributed by atoms with Crippen LogP contribution >= 0.6 is 0 Å². The molecule has 0 radical (unpaired) electrons. The van der Waals surface area contributed by atoms with Crippen LogP contribution in [0.4, 0.5) is 11.6 Å². The first-order chi connectivity index (χ1) is 16.6. The van der Waals surface area contributed by atoms with Crippen molar-refractivity contribution in [1.82, 2.24) is 9.55 Å². The number of hydrogen-bond donors (Lipinski definition) is 2. The van der Waals surface area contributed by atoms with Gasteiger partial charge in [0.25, 0.3) is 5.56 Å². The van der Waals surface area contributed by atoms with E-state index in [1.807, 2.05) is 30.5 Å². The minimum atomic E-state index is -0.977. The Morgan fingerprint density at radius 1 is 1.17 bits per heavy atom. The molecule has 1 unspecified atom stereocenters. The normalized spacial score (nSPS) is 18.5. The second kappa shape index (κ2) is 8.70. The quantitative estimate of drug-likeness (QED) is 0.488. The smallest absolute Gasteiger partial charge is 0.337 e. The Morgan fingerprint density at radius 3 is 2.51 bits per heavy atom. The third-order valence-corrected chi connectivity index (χ3v) is 7.47. The molecule has 1 saturated heterocycles. The minimum Gasteiger partial charge on any atom is -0.478 e. The molecule has 3 aromatic rings. The SMILES string of the molecule is Cc1cc(C(C)Nc2ccccc2C(=O)O)c2nc(N3CCC(C)(C)CC3)n(C3CC3)c(=O)c2c1. The van der Waals surface area contributed by atoms with E-state index in [4.69, 9.17) is 4.98 Å². The molecule has 1 aliphatic heterocycles. The highest BCUT2D eigenvalue weighted by molar-refractivity contribution is 5.94. The Hall–Kier alpha value is -3.35. The highest BCUT2D eigenvalue weighted by Crippen LogP contribution is 2.39. The van der Waals surface area contributed by atoms with Gasteiger partial charge in [-0.05, 0) is 68.7 Å². The number of carboxylic acid groups (broad SMARTS) is 1. The number of carboxylic acids is 1. The summed E-state index contributed by atoms with van der Waals surface area (Å²) in [5.74, 6) is -0.195. The van der Waals surface area contributed by atoms with Crippen molar-refractivity contribution in [3.63, 3.8) is 0 Å². The number of carbonyl (C=O) groups is 1. The number of aromatic nitrogens is 2. The Bertz CT molecular complexity index is 1350. The number of fused-ring (bicyclic) bond motifs is 1. The Labute approximate surface area is 205 Å². The van der Waals surface area contributed by atoms with Crippen molar-refractivity contribution in [3.05, 3.63) is 63.4 Å². The molecule has 0 amide bonds. The van der Waals surface area contributed by atoms with Crippen LogP contribution < -0.4 is 15.8 Å². The van der Waals surface area contributed by atoms with E-state index in [2.05, 4.69) is 30.1 Å². The molecule has 1 atom stereocenters. The van der Waals surface area contributed by atoms with Crippen LogP contribution in [0.15, 0.2) is 41.2 Å². The van der Waals surface area contributed by atoms with Crippen LogP contribution in [-0.2, 0) is 0 Å². The molecule has 2 fully saturated rings. The van der Waals surface area contributed by atoms with Crippen molar-refractivity contribution in [2.75, 3.05) is 23.3 Å². The minimum absolute atomic E-state index is 0.0282. The molecule has 7 nitrogen and oxygen atoms in total. The molecule has 2 aromatic carbocycles. The third kappa shape index (κ3) is 4.51. The summed E-state index contributed by atoms with van der Waals surface area (Å²) in [5, 5.41) is 13.6. The van der Waals surface area contributed by atoms with Crippen LogP contribution in [0.5, 0.6) is 0 Å². The Balaban J connectivity index is 1.62. The Kier molecular flexibility index (Phi) is 5.82. The van der Waals surface area contributed by atoms with Crippen LogP contribution in [0.25, 0.3) is 10.9 Å². The van der Waals surface area contributed by atoms with E-state index in [0.717, 1.165) is 55.8 Å². The van der Waals surface area contributed by atoms with Crippen molar-refractivity contribution < 1.29 is 9.90 Å². The summed E-state index contributed by atoms with van der Waals surface area (Å²) >= 11 is 0. The molecule has 1 saturated carbocycles. The molecule has 2 N–H and O–H groups in total. The summed E-state index contributed by atoms with van der Waals surface area (Å²) in [6, 6.07) is 10.9. The maximum Gasteiger partial charge on any atom is 0.337 e. The van der Waals surface area contributed by atoms with Gasteiger partial charge >= 0.3 is 5.97 Å². The van der Waals surface area contributed by atoms with Gasteiger partial charge in [-0.15, -0.1) is 0 Å². The number of benzene rings is 2. The molecule has 184 valence electrons. The van der Waals surface area contributed by atoms with Crippen LogP contribution in [0.1, 0.15) is 80.0 Å². The van der Waals surface area contributed by atoms with Gasteiger partial charge in [0, 0.05) is 30.4 Å². The maximum atomic E-state index is 13.8. The van der Waals surface area contributed by atoms with Gasteiger partial charge in [0.05, 0.1) is 22.5 Å². The molecular weight excluding hydrogens is 440 g/mol. The highest BCUT2D eigenvalue weighted by atomic mass is 16.4. The predicted molar refractivity (Wildman–Crippen MR) is 140 cm³/mol. The zero-order valence-electron chi connectivity index (χ0n) is 21.0. The molecule has 35 heavy (non-hydrogen) atoms. The van der Waals surface area contributed by atoms with Gasteiger partial charge in [-0.3, -0.25) is 9.36 Å². The number of nitrogens with zero attached hydrogens (tertiary/aromatic N) is 3. The number of rotatable bonds is 6. The van der Waals surface area contributed by atoms with Gasteiger partial charge in [-0.2, -0.15) is 0 Å². The van der Waals surface area contributed by atoms with Gasteiger partial charge in [0.2, 0.25) is 5.95 Å². The van der Waals surface area contributed by atoms with Crippen molar-refractivity contribution in [3.8, 4) is 0 Å². The molecule has 5 rings (SSSR count).